The van der Waals surface area contributed by atoms with Crippen molar-refractivity contribution in [1.29, 1.82) is 0 Å². The highest BCUT2D eigenvalue weighted by atomic mass is 32.2. The number of thioether (sulfide) groups is 1. The van der Waals surface area contributed by atoms with Gasteiger partial charge in [0.1, 0.15) is 36.3 Å². The molecule has 0 aromatic heterocycles. The first-order chi connectivity index (χ1) is 25.8. The highest BCUT2D eigenvalue weighted by molar-refractivity contribution is 7.99. The lowest BCUT2D eigenvalue weighted by atomic mass is 9.95. The van der Waals surface area contributed by atoms with Crippen LogP contribution in [0.5, 0.6) is 0 Å². The summed E-state index contributed by atoms with van der Waals surface area (Å²) in [6.07, 6.45) is 1.82. The maximum absolute atomic E-state index is 14.3. The van der Waals surface area contributed by atoms with Crippen LogP contribution in [0.4, 0.5) is 0 Å². The molecule has 0 aliphatic carbocycles. The Morgan fingerprint density at radius 1 is 0.696 bits per heavy atom. The van der Waals surface area contributed by atoms with Gasteiger partial charge in [0.15, 0.2) is 0 Å². The second-order valence-corrected chi connectivity index (χ2v) is 17.5. The third-order valence-corrected chi connectivity index (χ3v) is 10.5. The summed E-state index contributed by atoms with van der Waals surface area (Å²) in [5.41, 5.74) is -1.40. The topological polar surface area (TPSA) is 201 Å². The van der Waals surface area contributed by atoms with Gasteiger partial charge in [0.25, 0.3) is 0 Å². The van der Waals surface area contributed by atoms with Crippen LogP contribution in [-0.2, 0) is 33.6 Å². The Morgan fingerprint density at radius 3 is 1.70 bits per heavy atom. The van der Waals surface area contributed by atoms with Gasteiger partial charge in [0.05, 0.1) is 5.60 Å². The van der Waals surface area contributed by atoms with Crippen LogP contribution in [0.3, 0.4) is 0 Å². The molecular weight excluding hydrogens is 741 g/mol. The summed E-state index contributed by atoms with van der Waals surface area (Å²) < 4.78 is 0. The summed E-state index contributed by atoms with van der Waals surface area (Å²) in [5, 5.41) is 21.4. The fraction of sp³-hybridized carbons (Fsp3) is 0.821. The lowest BCUT2D eigenvalue weighted by Gasteiger charge is -2.38. The van der Waals surface area contributed by atoms with Crippen molar-refractivity contribution in [2.45, 2.75) is 136 Å². The molecule has 56 heavy (non-hydrogen) atoms. The third-order valence-electron chi connectivity index (χ3n) is 9.38. The molecule has 0 heterocycles. The molecule has 0 radical (unpaired) electrons. The first-order valence-electron chi connectivity index (χ1n) is 19.7. The predicted molar refractivity (Wildman–Crippen MR) is 221 cm³/mol. The van der Waals surface area contributed by atoms with Gasteiger partial charge < -0.3 is 46.0 Å². The normalized spacial score (nSPS) is 14.9. The zero-order valence-electron chi connectivity index (χ0n) is 36.8. The van der Waals surface area contributed by atoms with E-state index in [1.165, 1.54) is 63.5 Å². The zero-order valence-corrected chi connectivity index (χ0v) is 37.6. The van der Waals surface area contributed by atoms with Crippen LogP contribution in [0.2, 0.25) is 0 Å². The molecule has 6 atom stereocenters. The standard InChI is InChI=1S/C39H74N8O8S/c1-16-18-31(48)45(13)30(23-56-20-17-19-44(11)12)37(53)47(15)29(22-39(8,9)55)36(52)43-32(25(4)5)38(54)46(14)28(21-24(2)3)35(51)42-27(7)34(50)41-26(6)33(49)40-10/h24-30,32,55H,16-23H2,1-15H3,(H,40,49)(H,41,50)(H,42,51)(H,43,52)/t26-,27-,28+,29+,30-,32+/m1/s1. The molecule has 0 saturated carbocycles. The first kappa shape index (κ1) is 52.6. The van der Waals surface area contributed by atoms with Gasteiger partial charge >= 0.3 is 0 Å². The fourth-order valence-corrected chi connectivity index (χ4v) is 6.97. The molecule has 0 aromatic rings. The minimum Gasteiger partial charge on any atom is -0.390 e. The molecule has 16 nitrogen and oxygen atoms in total. The molecule has 0 bridgehead atoms. The van der Waals surface area contributed by atoms with Crippen molar-refractivity contribution in [2.24, 2.45) is 11.8 Å². The molecule has 0 aliphatic heterocycles. The Hall–Kier alpha value is -3.44. The van der Waals surface area contributed by atoms with E-state index in [4.69, 9.17) is 0 Å². The zero-order chi connectivity index (χ0) is 43.7. The van der Waals surface area contributed by atoms with Crippen LogP contribution in [0.1, 0.15) is 94.4 Å². The number of hydrogen-bond acceptors (Lipinski definition) is 10. The molecule has 0 spiro atoms. The molecule has 0 fully saturated rings. The van der Waals surface area contributed by atoms with Crippen molar-refractivity contribution >= 4 is 53.1 Å². The van der Waals surface area contributed by atoms with E-state index in [-0.39, 0.29) is 31.1 Å². The molecule has 324 valence electrons. The van der Waals surface area contributed by atoms with Crippen LogP contribution in [-0.4, -0.2) is 168 Å². The monoisotopic (exact) mass is 815 g/mol. The molecule has 0 saturated heterocycles. The van der Waals surface area contributed by atoms with Gasteiger partial charge in [-0.25, -0.2) is 0 Å². The van der Waals surface area contributed by atoms with E-state index in [1.54, 1.807) is 32.7 Å². The van der Waals surface area contributed by atoms with E-state index in [9.17, 15) is 38.7 Å². The predicted octanol–water partition coefficient (Wildman–Crippen LogP) is 1.06. The highest BCUT2D eigenvalue weighted by Gasteiger charge is 2.40. The van der Waals surface area contributed by atoms with Gasteiger partial charge in [0, 0.05) is 46.8 Å². The fourth-order valence-electron chi connectivity index (χ4n) is 5.88. The number of nitrogens with one attached hydrogen (secondary N) is 4. The highest BCUT2D eigenvalue weighted by Crippen LogP contribution is 2.21. The largest absolute Gasteiger partial charge is 0.390 e. The molecule has 5 N–H and O–H groups in total. The van der Waals surface area contributed by atoms with Crippen molar-refractivity contribution in [3.8, 4) is 0 Å². The van der Waals surface area contributed by atoms with Crippen molar-refractivity contribution in [2.75, 3.05) is 60.3 Å². The van der Waals surface area contributed by atoms with E-state index < -0.39 is 83.2 Å². The minimum absolute atomic E-state index is 0.0391. The number of likely N-dealkylation sites (N-methyl/N-ethyl adjacent to an activating group) is 4. The second-order valence-electron chi connectivity index (χ2n) is 16.4. The number of hydrogen-bond donors (Lipinski definition) is 5. The van der Waals surface area contributed by atoms with Crippen molar-refractivity contribution in [1.82, 2.24) is 40.9 Å². The molecular formula is C39H74N8O8S. The average Bonchev–Trinajstić information content (AvgIpc) is 3.10. The summed E-state index contributed by atoms with van der Waals surface area (Å²) in [6, 6.07) is -6.10. The maximum atomic E-state index is 14.3. The number of nitrogens with zero attached hydrogens (tertiary/aromatic N) is 4. The molecule has 0 unspecified atom stereocenters. The molecule has 17 heteroatoms. The van der Waals surface area contributed by atoms with E-state index in [1.807, 2.05) is 34.9 Å². The Morgan fingerprint density at radius 2 is 1.21 bits per heavy atom. The van der Waals surface area contributed by atoms with E-state index in [0.29, 0.717) is 12.2 Å². The summed E-state index contributed by atoms with van der Waals surface area (Å²) >= 11 is 1.55. The maximum Gasteiger partial charge on any atom is 0.246 e. The number of carbonyl (C=O) groups excluding carboxylic acids is 7. The summed E-state index contributed by atoms with van der Waals surface area (Å²) in [6.45, 7) is 16.0. The second kappa shape index (κ2) is 25.0. The van der Waals surface area contributed by atoms with E-state index in [2.05, 4.69) is 26.2 Å². The number of aliphatic hydroxyl groups is 1. The van der Waals surface area contributed by atoms with Crippen LogP contribution in [0.15, 0.2) is 0 Å². The average molecular weight is 815 g/mol. The Kier molecular flexibility index (Phi) is 23.5. The van der Waals surface area contributed by atoms with Crippen LogP contribution < -0.4 is 21.3 Å². The summed E-state index contributed by atoms with van der Waals surface area (Å²) in [4.78, 5) is 100. The quantitative estimate of drug-likeness (QED) is 0.0831. The van der Waals surface area contributed by atoms with Gasteiger partial charge in [-0.2, -0.15) is 11.8 Å². The van der Waals surface area contributed by atoms with Gasteiger partial charge in [-0.3, -0.25) is 33.6 Å². The van der Waals surface area contributed by atoms with Crippen LogP contribution in [0, 0.1) is 11.8 Å². The molecule has 0 rings (SSSR count). The van der Waals surface area contributed by atoms with Gasteiger partial charge in [0.2, 0.25) is 41.4 Å². The number of carbonyl (C=O) groups is 7. The summed E-state index contributed by atoms with van der Waals surface area (Å²) in [7, 11) is 9.93. The minimum atomic E-state index is -1.40. The molecule has 7 amide bonds. The van der Waals surface area contributed by atoms with Crippen LogP contribution >= 0.6 is 11.8 Å². The van der Waals surface area contributed by atoms with Gasteiger partial charge in [-0.05, 0) is 85.2 Å². The van der Waals surface area contributed by atoms with Gasteiger partial charge in [-0.1, -0.05) is 34.6 Å². The number of amides is 7. The SMILES string of the molecule is CCCC(=O)N(C)[C@H](CSCCCN(C)C)C(=O)N(C)[C@@H](CC(C)(C)O)C(=O)N[C@H](C(=O)N(C)[C@@H](CC(C)C)C(=O)N[C@H](C)C(=O)N[C@H](C)C(=O)NC)C(C)C. The van der Waals surface area contributed by atoms with Gasteiger partial charge in [-0.15, -0.1) is 0 Å². The Bertz CT molecular complexity index is 1310. The van der Waals surface area contributed by atoms with E-state index in [0.717, 1.165) is 18.7 Å². The summed E-state index contributed by atoms with van der Waals surface area (Å²) in [5.74, 6) is -2.90. The van der Waals surface area contributed by atoms with Crippen LogP contribution in [0.25, 0.3) is 0 Å². The van der Waals surface area contributed by atoms with E-state index >= 15 is 0 Å². The third kappa shape index (κ3) is 18.2. The van der Waals surface area contributed by atoms with Crippen molar-refractivity contribution in [3.63, 3.8) is 0 Å². The lowest BCUT2D eigenvalue weighted by Crippen LogP contribution is -2.61. The molecule has 0 aromatic carbocycles. The van der Waals surface area contributed by atoms with Crippen molar-refractivity contribution < 1.29 is 38.7 Å². The molecule has 0 aliphatic rings. The first-order valence-corrected chi connectivity index (χ1v) is 20.8. The smallest absolute Gasteiger partial charge is 0.246 e. The lowest BCUT2D eigenvalue weighted by molar-refractivity contribution is -0.149. The Balaban J connectivity index is 6.48. The number of rotatable bonds is 25. The van der Waals surface area contributed by atoms with Crippen molar-refractivity contribution in [3.05, 3.63) is 0 Å². The Labute approximate surface area is 340 Å².